The fourth-order valence-electron chi connectivity index (χ4n) is 3.30. The highest BCUT2D eigenvalue weighted by Gasteiger charge is 2.36. The van der Waals surface area contributed by atoms with E-state index in [9.17, 15) is 4.79 Å². The summed E-state index contributed by atoms with van der Waals surface area (Å²) in [5.74, 6) is 1.18. The van der Waals surface area contributed by atoms with E-state index in [4.69, 9.17) is 5.73 Å². The third-order valence-electron chi connectivity index (χ3n) is 4.21. The maximum absolute atomic E-state index is 11.0. The highest BCUT2D eigenvalue weighted by molar-refractivity contribution is 5.90. The minimum atomic E-state index is -0.522. The van der Waals surface area contributed by atoms with Crippen molar-refractivity contribution >= 4 is 11.7 Å². The zero-order valence-corrected chi connectivity index (χ0v) is 10.4. The second kappa shape index (κ2) is 4.55. The molecule has 2 heterocycles. The number of carbonyl (C=O) groups excluding carboxylic acids is 1. The van der Waals surface area contributed by atoms with Crippen LogP contribution in [0, 0.1) is 5.92 Å². The second-order valence-electron chi connectivity index (χ2n) is 5.23. The van der Waals surface area contributed by atoms with E-state index in [0.29, 0.717) is 6.04 Å². The molecule has 5 heteroatoms. The molecule has 0 spiro atoms. The van der Waals surface area contributed by atoms with Gasteiger partial charge in [-0.15, -0.1) is 10.2 Å². The van der Waals surface area contributed by atoms with Gasteiger partial charge in [0.15, 0.2) is 11.5 Å². The third kappa shape index (κ3) is 1.94. The van der Waals surface area contributed by atoms with Crippen molar-refractivity contribution in [1.82, 2.24) is 10.2 Å². The maximum atomic E-state index is 11.0. The predicted molar refractivity (Wildman–Crippen MR) is 68.3 cm³/mol. The van der Waals surface area contributed by atoms with Crippen LogP contribution >= 0.6 is 0 Å². The lowest BCUT2D eigenvalue weighted by Crippen LogP contribution is -2.35. The second-order valence-corrected chi connectivity index (χ2v) is 5.23. The Hall–Kier alpha value is -1.65. The lowest BCUT2D eigenvalue weighted by molar-refractivity contribution is 0.0994. The molecule has 1 aliphatic heterocycles. The molecule has 96 valence electrons. The summed E-state index contributed by atoms with van der Waals surface area (Å²) in [6.07, 6.45) is 6.52. The van der Waals surface area contributed by atoms with Gasteiger partial charge in [-0.3, -0.25) is 4.79 Å². The summed E-state index contributed by atoms with van der Waals surface area (Å²) >= 11 is 0. The van der Waals surface area contributed by atoms with Crippen molar-refractivity contribution in [2.45, 2.75) is 38.1 Å². The fourth-order valence-corrected chi connectivity index (χ4v) is 3.30. The molecule has 1 aromatic rings. The molecule has 1 aromatic heterocycles. The average molecular weight is 246 g/mol. The van der Waals surface area contributed by atoms with Crippen molar-refractivity contribution in [3.05, 3.63) is 17.8 Å². The van der Waals surface area contributed by atoms with Crippen LogP contribution in [0.2, 0.25) is 0 Å². The molecule has 0 bridgehead atoms. The smallest absolute Gasteiger partial charge is 0.269 e. The molecule has 3 rings (SSSR count). The van der Waals surface area contributed by atoms with Crippen LogP contribution in [-0.4, -0.2) is 28.7 Å². The first-order valence-electron chi connectivity index (χ1n) is 6.66. The Bertz CT molecular complexity index is 445. The first-order valence-corrected chi connectivity index (χ1v) is 6.66. The molecule has 2 aliphatic rings. The number of amides is 1. The minimum absolute atomic E-state index is 0.234. The van der Waals surface area contributed by atoms with E-state index in [1.54, 1.807) is 6.07 Å². The molecule has 18 heavy (non-hydrogen) atoms. The van der Waals surface area contributed by atoms with E-state index in [-0.39, 0.29) is 5.69 Å². The summed E-state index contributed by atoms with van der Waals surface area (Å²) in [5.41, 5.74) is 5.40. The molecule has 5 nitrogen and oxygen atoms in total. The standard InChI is InChI=1S/C13H18N4O/c14-13(18)10-5-6-12(16-15-10)17-8-7-9-3-1-2-4-11(9)17/h5-6,9,11H,1-4,7-8H2,(H2,14,18)/t9-,11-/m0/s1. The SMILES string of the molecule is NC(=O)c1ccc(N2CC[C@@H]3CCCC[C@@H]32)nn1. The number of aromatic nitrogens is 2. The highest BCUT2D eigenvalue weighted by Crippen LogP contribution is 2.37. The van der Waals surface area contributed by atoms with Crippen LogP contribution in [0.25, 0.3) is 0 Å². The average Bonchev–Trinajstić information content (AvgIpc) is 2.82. The third-order valence-corrected chi connectivity index (χ3v) is 4.21. The van der Waals surface area contributed by atoms with Crippen molar-refractivity contribution in [3.63, 3.8) is 0 Å². The minimum Gasteiger partial charge on any atom is -0.364 e. The Morgan fingerprint density at radius 1 is 1.22 bits per heavy atom. The van der Waals surface area contributed by atoms with Crippen molar-refractivity contribution in [1.29, 1.82) is 0 Å². The molecule has 0 aromatic carbocycles. The van der Waals surface area contributed by atoms with Crippen LogP contribution in [0.1, 0.15) is 42.6 Å². The number of rotatable bonds is 2. The number of nitrogens with two attached hydrogens (primary N) is 1. The van der Waals surface area contributed by atoms with Gasteiger partial charge < -0.3 is 10.6 Å². The van der Waals surface area contributed by atoms with Crippen molar-refractivity contribution in [3.8, 4) is 0 Å². The van der Waals surface area contributed by atoms with E-state index in [1.807, 2.05) is 6.07 Å². The van der Waals surface area contributed by atoms with Gasteiger partial charge >= 0.3 is 0 Å². The molecule has 1 amide bonds. The summed E-state index contributed by atoms with van der Waals surface area (Å²) in [5, 5.41) is 8.04. The zero-order chi connectivity index (χ0) is 12.5. The van der Waals surface area contributed by atoms with Crippen LogP contribution in [0.4, 0.5) is 5.82 Å². The summed E-state index contributed by atoms with van der Waals surface area (Å²) in [6, 6.07) is 4.15. The van der Waals surface area contributed by atoms with Crippen LogP contribution in [0.15, 0.2) is 12.1 Å². The quantitative estimate of drug-likeness (QED) is 0.854. The number of anilines is 1. The first kappa shape index (κ1) is 11.4. The molecule has 0 radical (unpaired) electrons. The maximum Gasteiger partial charge on any atom is 0.269 e. The predicted octanol–water partition coefficient (Wildman–Crippen LogP) is 1.34. The lowest BCUT2D eigenvalue weighted by atomic mass is 9.85. The molecule has 1 aliphatic carbocycles. The topological polar surface area (TPSA) is 72.1 Å². The molecule has 2 N–H and O–H groups in total. The normalized spacial score (nSPS) is 27.0. The number of carbonyl (C=O) groups is 1. The number of fused-ring (bicyclic) bond motifs is 1. The fraction of sp³-hybridized carbons (Fsp3) is 0.615. The van der Waals surface area contributed by atoms with E-state index in [1.165, 1.54) is 32.1 Å². The van der Waals surface area contributed by atoms with Gasteiger partial charge in [-0.25, -0.2) is 0 Å². The van der Waals surface area contributed by atoms with E-state index in [0.717, 1.165) is 18.3 Å². The molecule has 1 saturated carbocycles. The van der Waals surface area contributed by atoms with Gasteiger partial charge in [0.2, 0.25) is 0 Å². The number of hydrogen-bond acceptors (Lipinski definition) is 4. The van der Waals surface area contributed by atoms with Gasteiger partial charge in [0.1, 0.15) is 0 Å². The van der Waals surface area contributed by atoms with Gasteiger partial charge in [0.05, 0.1) is 0 Å². The summed E-state index contributed by atoms with van der Waals surface area (Å²) in [7, 11) is 0. The van der Waals surface area contributed by atoms with Crippen LogP contribution < -0.4 is 10.6 Å². The Morgan fingerprint density at radius 2 is 2.06 bits per heavy atom. The molecular formula is C13H18N4O. The van der Waals surface area contributed by atoms with Gasteiger partial charge in [-0.1, -0.05) is 12.8 Å². The Labute approximate surface area is 106 Å². The van der Waals surface area contributed by atoms with Crippen molar-refractivity contribution in [2.75, 3.05) is 11.4 Å². The molecule has 0 unspecified atom stereocenters. The summed E-state index contributed by atoms with van der Waals surface area (Å²) in [4.78, 5) is 13.3. The van der Waals surface area contributed by atoms with Gasteiger partial charge in [0, 0.05) is 12.6 Å². The highest BCUT2D eigenvalue weighted by atomic mass is 16.1. The zero-order valence-electron chi connectivity index (χ0n) is 10.4. The van der Waals surface area contributed by atoms with Crippen molar-refractivity contribution < 1.29 is 4.79 Å². The molecule has 1 saturated heterocycles. The Balaban J connectivity index is 1.80. The number of nitrogens with zero attached hydrogens (tertiary/aromatic N) is 3. The van der Waals surface area contributed by atoms with Gasteiger partial charge in [0.25, 0.3) is 5.91 Å². The Morgan fingerprint density at radius 3 is 2.78 bits per heavy atom. The summed E-state index contributed by atoms with van der Waals surface area (Å²) < 4.78 is 0. The van der Waals surface area contributed by atoms with Gasteiger partial charge in [-0.2, -0.15) is 0 Å². The van der Waals surface area contributed by atoms with Crippen LogP contribution in [0.3, 0.4) is 0 Å². The van der Waals surface area contributed by atoms with Crippen LogP contribution in [0.5, 0.6) is 0 Å². The van der Waals surface area contributed by atoms with E-state index < -0.39 is 5.91 Å². The molecule has 2 fully saturated rings. The Kier molecular flexibility index (Phi) is 2.89. The summed E-state index contributed by atoms with van der Waals surface area (Å²) in [6.45, 7) is 1.06. The monoisotopic (exact) mass is 246 g/mol. The van der Waals surface area contributed by atoms with Crippen LogP contribution in [-0.2, 0) is 0 Å². The number of primary amides is 1. The number of hydrogen-bond donors (Lipinski definition) is 1. The molecular weight excluding hydrogens is 228 g/mol. The van der Waals surface area contributed by atoms with E-state index >= 15 is 0 Å². The lowest BCUT2D eigenvalue weighted by Gasteiger charge is -2.32. The van der Waals surface area contributed by atoms with Gasteiger partial charge in [-0.05, 0) is 37.3 Å². The largest absolute Gasteiger partial charge is 0.364 e. The molecule has 2 atom stereocenters. The van der Waals surface area contributed by atoms with E-state index in [2.05, 4.69) is 15.1 Å². The first-order chi connectivity index (χ1) is 8.75. The van der Waals surface area contributed by atoms with Crippen molar-refractivity contribution in [2.24, 2.45) is 11.7 Å².